The summed E-state index contributed by atoms with van der Waals surface area (Å²) >= 11 is 0. The molecule has 0 bridgehead atoms. The van der Waals surface area contributed by atoms with Crippen molar-refractivity contribution in [2.45, 2.75) is 31.9 Å². The molecule has 0 spiro atoms. The summed E-state index contributed by atoms with van der Waals surface area (Å²) < 4.78 is 5.19. The molecule has 4 nitrogen and oxygen atoms in total. The molecule has 1 saturated heterocycles. The predicted molar refractivity (Wildman–Crippen MR) is 62.5 cm³/mol. The third kappa shape index (κ3) is 2.64. The van der Waals surface area contributed by atoms with Gasteiger partial charge in [0.25, 0.3) is 5.91 Å². The lowest BCUT2D eigenvalue weighted by atomic mass is 10.0. The largest absolute Gasteiger partial charge is 0.449 e. The summed E-state index contributed by atoms with van der Waals surface area (Å²) in [6.45, 7) is 3.81. The van der Waals surface area contributed by atoms with Crippen molar-refractivity contribution < 1.29 is 14.3 Å². The molecule has 0 aliphatic carbocycles. The van der Waals surface area contributed by atoms with Gasteiger partial charge in [-0.2, -0.15) is 0 Å². The van der Waals surface area contributed by atoms with E-state index in [0.717, 1.165) is 0 Å². The molecule has 0 radical (unpaired) electrons. The number of hydrogen-bond donors (Lipinski definition) is 1. The van der Waals surface area contributed by atoms with Crippen LogP contribution in [0.1, 0.15) is 30.6 Å². The van der Waals surface area contributed by atoms with E-state index >= 15 is 0 Å². The molecular formula is C13H15NO3. The van der Waals surface area contributed by atoms with E-state index in [4.69, 9.17) is 4.74 Å². The molecule has 1 fully saturated rings. The van der Waals surface area contributed by atoms with Gasteiger partial charge in [0.05, 0.1) is 5.56 Å². The van der Waals surface area contributed by atoms with E-state index in [0.29, 0.717) is 12.0 Å². The lowest BCUT2D eigenvalue weighted by Gasteiger charge is -2.15. The maximum atomic E-state index is 11.8. The van der Waals surface area contributed by atoms with E-state index < -0.39 is 12.1 Å². The van der Waals surface area contributed by atoms with Gasteiger partial charge in [0.15, 0.2) is 6.10 Å². The molecule has 1 aromatic rings. The lowest BCUT2D eigenvalue weighted by molar-refractivity contribution is -0.126. The van der Waals surface area contributed by atoms with E-state index in [1.807, 2.05) is 19.9 Å². The van der Waals surface area contributed by atoms with Crippen molar-refractivity contribution in [3.63, 3.8) is 0 Å². The topological polar surface area (TPSA) is 55.4 Å². The summed E-state index contributed by atoms with van der Waals surface area (Å²) in [5.41, 5.74) is 0.156. The van der Waals surface area contributed by atoms with E-state index in [9.17, 15) is 9.59 Å². The van der Waals surface area contributed by atoms with Gasteiger partial charge in [-0.15, -0.1) is 0 Å². The Morgan fingerprint density at radius 2 is 2.00 bits per heavy atom. The first kappa shape index (κ1) is 11.6. The number of carbonyl (C=O) groups is 2. The van der Waals surface area contributed by atoms with Crippen molar-refractivity contribution in [2.24, 2.45) is 0 Å². The molecule has 2 rings (SSSR count). The smallest absolute Gasteiger partial charge is 0.338 e. The molecule has 4 heteroatoms. The van der Waals surface area contributed by atoms with Crippen molar-refractivity contribution >= 4 is 11.9 Å². The molecule has 1 unspecified atom stereocenters. The molecule has 1 aliphatic rings. The fraction of sp³-hybridized carbons (Fsp3) is 0.385. The van der Waals surface area contributed by atoms with Crippen molar-refractivity contribution in [3.8, 4) is 0 Å². The number of nitrogens with one attached hydrogen (secondary N) is 1. The van der Waals surface area contributed by atoms with Crippen molar-refractivity contribution in [1.29, 1.82) is 0 Å². The zero-order valence-corrected chi connectivity index (χ0v) is 9.90. The second-order valence-corrected chi connectivity index (χ2v) is 4.84. The summed E-state index contributed by atoms with van der Waals surface area (Å²) in [5.74, 6) is -0.678. The zero-order chi connectivity index (χ0) is 12.5. The van der Waals surface area contributed by atoms with Gasteiger partial charge in [-0.3, -0.25) is 4.79 Å². The van der Waals surface area contributed by atoms with Gasteiger partial charge in [-0.25, -0.2) is 4.79 Å². The Morgan fingerprint density at radius 1 is 1.35 bits per heavy atom. The zero-order valence-electron chi connectivity index (χ0n) is 9.90. The first-order valence-corrected chi connectivity index (χ1v) is 5.56. The van der Waals surface area contributed by atoms with Crippen LogP contribution in [-0.4, -0.2) is 23.5 Å². The molecule has 1 aliphatic heterocycles. The molecule has 0 aromatic heterocycles. The Bertz CT molecular complexity index is 439. The molecular weight excluding hydrogens is 218 g/mol. The summed E-state index contributed by atoms with van der Waals surface area (Å²) in [7, 11) is 0. The molecule has 1 atom stereocenters. The van der Waals surface area contributed by atoms with Crippen LogP contribution in [0.5, 0.6) is 0 Å². The maximum absolute atomic E-state index is 11.8. The molecule has 90 valence electrons. The molecule has 1 aromatic carbocycles. The standard InChI is InChI=1S/C13H15NO3/c1-13(2)8-10(11(15)14-13)17-12(16)9-6-4-3-5-7-9/h3-7,10H,8H2,1-2H3,(H,14,15). The van der Waals surface area contributed by atoms with E-state index in [1.165, 1.54) is 0 Å². The minimum absolute atomic E-state index is 0.223. The van der Waals surface area contributed by atoms with E-state index in [1.54, 1.807) is 24.3 Å². The minimum Gasteiger partial charge on any atom is -0.449 e. The van der Waals surface area contributed by atoms with Gasteiger partial charge in [0, 0.05) is 12.0 Å². The number of esters is 1. The lowest BCUT2D eigenvalue weighted by Crippen LogP contribution is -2.35. The van der Waals surface area contributed by atoms with Crippen LogP contribution in [0.15, 0.2) is 30.3 Å². The van der Waals surface area contributed by atoms with Gasteiger partial charge < -0.3 is 10.1 Å². The molecule has 1 amide bonds. The monoisotopic (exact) mass is 233 g/mol. The van der Waals surface area contributed by atoms with Gasteiger partial charge in [-0.1, -0.05) is 18.2 Å². The third-order valence-corrected chi connectivity index (χ3v) is 2.71. The van der Waals surface area contributed by atoms with Crippen LogP contribution in [0.25, 0.3) is 0 Å². The van der Waals surface area contributed by atoms with Crippen LogP contribution in [-0.2, 0) is 9.53 Å². The van der Waals surface area contributed by atoms with Crippen LogP contribution in [0.2, 0.25) is 0 Å². The highest BCUT2D eigenvalue weighted by Crippen LogP contribution is 2.22. The number of hydrogen-bond acceptors (Lipinski definition) is 3. The third-order valence-electron chi connectivity index (χ3n) is 2.71. The Labute approximate surface area is 100.0 Å². The average molecular weight is 233 g/mol. The first-order chi connectivity index (χ1) is 7.98. The second kappa shape index (κ2) is 4.20. The minimum atomic E-state index is -0.683. The first-order valence-electron chi connectivity index (χ1n) is 5.56. The Morgan fingerprint density at radius 3 is 2.53 bits per heavy atom. The van der Waals surface area contributed by atoms with Crippen LogP contribution in [0.3, 0.4) is 0 Å². The number of rotatable bonds is 2. The molecule has 1 N–H and O–H groups in total. The number of ether oxygens (including phenoxy) is 1. The molecule has 17 heavy (non-hydrogen) atoms. The highest BCUT2D eigenvalue weighted by Gasteiger charge is 2.39. The van der Waals surface area contributed by atoms with Crippen LogP contribution < -0.4 is 5.32 Å². The van der Waals surface area contributed by atoms with Gasteiger partial charge in [0.2, 0.25) is 0 Å². The van der Waals surface area contributed by atoms with Crippen molar-refractivity contribution in [2.75, 3.05) is 0 Å². The molecule has 1 heterocycles. The van der Waals surface area contributed by atoms with Crippen LogP contribution in [0.4, 0.5) is 0 Å². The Hall–Kier alpha value is -1.84. The summed E-state index contributed by atoms with van der Waals surface area (Å²) in [6, 6.07) is 8.67. The fourth-order valence-electron chi connectivity index (χ4n) is 1.89. The summed E-state index contributed by atoms with van der Waals surface area (Å²) in [6.07, 6.45) is -0.178. The Balaban J connectivity index is 2.03. The van der Waals surface area contributed by atoms with Gasteiger partial charge in [-0.05, 0) is 26.0 Å². The normalized spacial score (nSPS) is 22.0. The maximum Gasteiger partial charge on any atom is 0.338 e. The highest BCUT2D eigenvalue weighted by molar-refractivity contribution is 5.93. The number of benzene rings is 1. The number of amides is 1. The molecule has 0 saturated carbocycles. The highest BCUT2D eigenvalue weighted by atomic mass is 16.5. The summed E-state index contributed by atoms with van der Waals surface area (Å²) in [4.78, 5) is 23.3. The number of carbonyl (C=O) groups excluding carboxylic acids is 2. The van der Waals surface area contributed by atoms with E-state index in [2.05, 4.69) is 5.32 Å². The quantitative estimate of drug-likeness (QED) is 0.788. The fourth-order valence-corrected chi connectivity index (χ4v) is 1.89. The van der Waals surface area contributed by atoms with E-state index in [-0.39, 0.29) is 11.4 Å². The second-order valence-electron chi connectivity index (χ2n) is 4.84. The van der Waals surface area contributed by atoms with Gasteiger partial charge in [0.1, 0.15) is 0 Å². The Kier molecular flexibility index (Phi) is 2.88. The predicted octanol–water partition coefficient (Wildman–Crippen LogP) is 1.51. The van der Waals surface area contributed by atoms with Crippen molar-refractivity contribution in [1.82, 2.24) is 5.32 Å². The summed E-state index contributed by atoms with van der Waals surface area (Å²) in [5, 5.41) is 2.78. The average Bonchev–Trinajstić information content (AvgIpc) is 2.53. The van der Waals surface area contributed by atoms with Crippen LogP contribution in [0, 0.1) is 0 Å². The van der Waals surface area contributed by atoms with Crippen molar-refractivity contribution in [3.05, 3.63) is 35.9 Å². The SMILES string of the molecule is CC1(C)CC(OC(=O)c2ccccc2)C(=O)N1. The van der Waals surface area contributed by atoms with Crippen LogP contribution >= 0.6 is 0 Å². The van der Waals surface area contributed by atoms with Gasteiger partial charge >= 0.3 is 5.97 Å².